The molecule has 0 saturated carbocycles. The first-order chi connectivity index (χ1) is 11.4. The number of para-hydroxylation sites is 2. The minimum atomic E-state index is -4.51. The van der Waals surface area contributed by atoms with Crippen LogP contribution in [0.15, 0.2) is 47.4 Å². The molecule has 2 aromatic rings. The summed E-state index contributed by atoms with van der Waals surface area (Å²) in [5.41, 5.74) is 0.991. The molecular weight excluding hydrogens is 328 g/mol. The van der Waals surface area contributed by atoms with Gasteiger partial charge in [-0.25, -0.2) is 0 Å². The SMILES string of the molecule is CCCCCCc1ccccc1Oc1cccc(S(=O)(=O)O)c1O. The van der Waals surface area contributed by atoms with Crippen molar-refractivity contribution in [3.05, 3.63) is 48.0 Å². The zero-order valence-corrected chi connectivity index (χ0v) is 14.4. The fourth-order valence-corrected chi connectivity index (χ4v) is 3.06. The third kappa shape index (κ3) is 4.72. The number of aryl methyl sites for hydroxylation is 1. The molecule has 0 amide bonds. The summed E-state index contributed by atoms with van der Waals surface area (Å²) < 4.78 is 37.4. The van der Waals surface area contributed by atoms with Gasteiger partial charge in [0.15, 0.2) is 11.5 Å². The van der Waals surface area contributed by atoms with E-state index in [0.717, 1.165) is 37.3 Å². The highest BCUT2D eigenvalue weighted by molar-refractivity contribution is 7.86. The first kappa shape index (κ1) is 18.3. The summed E-state index contributed by atoms with van der Waals surface area (Å²) in [6.45, 7) is 2.15. The maximum atomic E-state index is 11.3. The van der Waals surface area contributed by atoms with Gasteiger partial charge in [-0.2, -0.15) is 8.42 Å². The Morgan fingerprint density at radius 1 is 0.958 bits per heavy atom. The Morgan fingerprint density at radius 3 is 2.38 bits per heavy atom. The summed E-state index contributed by atoms with van der Waals surface area (Å²) >= 11 is 0. The normalized spacial score (nSPS) is 11.4. The number of hydrogen-bond acceptors (Lipinski definition) is 4. The molecule has 2 N–H and O–H groups in total. The Bertz CT molecular complexity index is 784. The fourth-order valence-electron chi connectivity index (χ4n) is 2.46. The van der Waals surface area contributed by atoms with Crippen molar-refractivity contribution in [3.8, 4) is 17.2 Å². The number of rotatable bonds is 8. The van der Waals surface area contributed by atoms with Gasteiger partial charge in [0, 0.05) is 0 Å². The number of phenols is 1. The Balaban J connectivity index is 2.23. The zero-order valence-electron chi connectivity index (χ0n) is 13.6. The highest BCUT2D eigenvalue weighted by Gasteiger charge is 2.19. The van der Waals surface area contributed by atoms with Crippen molar-refractivity contribution in [3.63, 3.8) is 0 Å². The number of benzene rings is 2. The summed E-state index contributed by atoms with van der Waals surface area (Å²) in [5.74, 6) is -0.0382. The van der Waals surface area contributed by atoms with Crippen LogP contribution in [0.5, 0.6) is 17.2 Å². The van der Waals surface area contributed by atoms with E-state index in [1.807, 2.05) is 18.2 Å². The summed E-state index contributed by atoms with van der Waals surface area (Å²) in [6.07, 6.45) is 5.35. The molecule has 0 unspecified atom stereocenters. The van der Waals surface area contributed by atoms with Gasteiger partial charge in [0.05, 0.1) is 0 Å². The van der Waals surface area contributed by atoms with E-state index < -0.39 is 20.8 Å². The average molecular weight is 350 g/mol. The third-order valence-corrected chi connectivity index (χ3v) is 4.62. The molecule has 0 heterocycles. The molecular formula is C18H22O5S. The van der Waals surface area contributed by atoms with Crippen molar-refractivity contribution in [1.29, 1.82) is 0 Å². The quantitative estimate of drug-likeness (QED) is 0.539. The predicted molar refractivity (Wildman–Crippen MR) is 92.3 cm³/mol. The number of aromatic hydroxyl groups is 1. The van der Waals surface area contributed by atoms with E-state index >= 15 is 0 Å². The molecule has 0 aliphatic carbocycles. The lowest BCUT2D eigenvalue weighted by atomic mass is 10.1. The molecule has 0 spiro atoms. The monoisotopic (exact) mass is 350 g/mol. The molecule has 0 radical (unpaired) electrons. The van der Waals surface area contributed by atoms with Crippen LogP contribution in [0.25, 0.3) is 0 Å². The van der Waals surface area contributed by atoms with Crippen LogP contribution in [0.3, 0.4) is 0 Å². The molecule has 0 aliphatic rings. The maximum Gasteiger partial charge on any atom is 0.298 e. The van der Waals surface area contributed by atoms with E-state index in [-0.39, 0.29) is 5.75 Å². The molecule has 2 aromatic carbocycles. The van der Waals surface area contributed by atoms with E-state index in [9.17, 15) is 13.5 Å². The number of ether oxygens (including phenoxy) is 1. The molecule has 5 nitrogen and oxygen atoms in total. The molecule has 2 rings (SSSR count). The van der Waals surface area contributed by atoms with Gasteiger partial charge >= 0.3 is 0 Å². The third-order valence-electron chi connectivity index (χ3n) is 3.73. The minimum absolute atomic E-state index is 0.00821. The first-order valence-electron chi connectivity index (χ1n) is 7.98. The van der Waals surface area contributed by atoms with E-state index in [1.54, 1.807) is 6.07 Å². The smallest absolute Gasteiger partial charge is 0.298 e. The molecule has 0 aliphatic heterocycles. The van der Waals surface area contributed by atoms with Gasteiger partial charge in [-0.05, 0) is 36.6 Å². The Morgan fingerprint density at radius 2 is 1.67 bits per heavy atom. The van der Waals surface area contributed by atoms with E-state index in [4.69, 9.17) is 9.29 Å². The van der Waals surface area contributed by atoms with Gasteiger partial charge in [-0.1, -0.05) is 50.5 Å². The number of phenolic OH excluding ortho intramolecular Hbond substituents is 1. The van der Waals surface area contributed by atoms with Crippen LogP contribution >= 0.6 is 0 Å². The predicted octanol–water partition coefficient (Wildman–Crippen LogP) is 4.55. The Labute approximate surface area is 142 Å². The molecule has 6 heteroatoms. The largest absolute Gasteiger partial charge is 0.503 e. The molecule has 24 heavy (non-hydrogen) atoms. The first-order valence-corrected chi connectivity index (χ1v) is 9.42. The number of unbranched alkanes of at least 4 members (excludes halogenated alkanes) is 3. The Kier molecular flexibility index (Phi) is 6.23. The maximum absolute atomic E-state index is 11.3. The second kappa shape index (κ2) is 8.17. The molecule has 130 valence electrons. The van der Waals surface area contributed by atoms with Gasteiger partial charge in [-0.15, -0.1) is 0 Å². The van der Waals surface area contributed by atoms with Crippen LogP contribution in [0.2, 0.25) is 0 Å². The van der Waals surface area contributed by atoms with Gasteiger partial charge in [0.2, 0.25) is 0 Å². The van der Waals surface area contributed by atoms with Gasteiger partial charge in [-0.3, -0.25) is 4.55 Å². The molecule has 0 fully saturated rings. The summed E-state index contributed by atoms with van der Waals surface area (Å²) in [7, 11) is -4.51. The van der Waals surface area contributed by atoms with Crippen LogP contribution in [-0.2, 0) is 16.5 Å². The van der Waals surface area contributed by atoms with Crippen molar-refractivity contribution in [2.24, 2.45) is 0 Å². The number of hydrogen-bond donors (Lipinski definition) is 2. The van der Waals surface area contributed by atoms with Crippen molar-refractivity contribution >= 4 is 10.1 Å². The lowest BCUT2D eigenvalue weighted by Gasteiger charge is -2.13. The standard InChI is InChI=1S/C18H22O5S/c1-2-3-4-5-9-14-10-6-7-11-15(14)23-16-12-8-13-17(18(16)19)24(20,21)22/h6-8,10-13,19H,2-5,9H2,1H3,(H,20,21,22). The summed E-state index contributed by atoms with van der Waals surface area (Å²) in [5, 5.41) is 10.1. The zero-order chi connectivity index (χ0) is 17.6. The minimum Gasteiger partial charge on any atom is -0.503 e. The van der Waals surface area contributed by atoms with Crippen molar-refractivity contribution in [2.45, 2.75) is 43.9 Å². The van der Waals surface area contributed by atoms with Gasteiger partial charge in [0.25, 0.3) is 10.1 Å². The summed E-state index contributed by atoms with van der Waals surface area (Å²) in [4.78, 5) is -0.569. The van der Waals surface area contributed by atoms with Crippen molar-refractivity contribution in [1.82, 2.24) is 0 Å². The highest BCUT2D eigenvalue weighted by atomic mass is 32.2. The average Bonchev–Trinajstić information content (AvgIpc) is 2.54. The van der Waals surface area contributed by atoms with Crippen LogP contribution < -0.4 is 4.74 Å². The van der Waals surface area contributed by atoms with E-state index in [2.05, 4.69) is 6.92 Å². The van der Waals surface area contributed by atoms with E-state index in [1.165, 1.54) is 18.6 Å². The van der Waals surface area contributed by atoms with Crippen LogP contribution in [0.4, 0.5) is 0 Å². The second-order valence-electron chi connectivity index (χ2n) is 5.60. The van der Waals surface area contributed by atoms with E-state index in [0.29, 0.717) is 5.75 Å². The highest BCUT2D eigenvalue weighted by Crippen LogP contribution is 2.37. The lowest BCUT2D eigenvalue weighted by molar-refractivity contribution is 0.393. The second-order valence-corrected chi connectivity index (χ2v) is 6.99. The molecule has 0 saturated heterocycles. The fraction of sp³-hybridized carbons (Fsp3) is 0.333. The molecule has 0 aromatic heterocycles. The molecule has 0 atom stereocenters. The lowest BCUT2D eigenvalue weighted by Crippen LogP contribution is -2.00. The Hall–Kier alpha value is -2.05. The van der Waals surface area contributed by atoms with Crippen LogP contribution in [0, 0.1) is 0 Å². The summed E-state index contributed by atoms with van der Waals surface area (Å²) in [6, 6.07) is 11.4. The van der Waals surface area contributed by atoms with Crippen molar-refractivity contribution in [2.75, 3.05) is 0 Å². The van der Waals surface area contributed by atoms with Gasteiger partial charge < -0.3 is 9.84 Å². The van der Waals surface area contributed by atoms with Crippen LogP contribution in [-0.4, -0.2) is 18.1 Å². The van der Waals surface area contributed by atoms with Crippen molar-refractivity contribution < 1.29 is 22.8 Å². The van der Waals surface area contributed by atoms with Gasteiger partial charge in [0.1, 0.15) is 10.6 Å². The van der Waals surface area contributed by atoms with Crippen LogP contribution in [0.1, 0.15) is 38.2 Å². The molecule has 0 bridgehead atoms. The topological polar surface area (TPSA) is 83.8 Å².